The van der Waals surface area contributed by atoms with Crippen molar-refractivity contribution >= 4 is 17.6 Å². The molecule has 0 aromatic carbocycles. The van der Waals surface area contributed by atoms with E-state index in [1.165, 1.54) is 12.3 Å². The number of halogens is 2. The summed E-state index contributed by atoms with van der Waals surface area (Å²) >= 11 is 5.73. The van der Waals surface area contributed by atoms with E-state index in [2.05, 4.69) is 4.98 Å². The summed E-state index contributed by atoms with van der Waals surface area (Å²) in [7, 11) is 0. The Morgan fingerprint density at radius 2 is 2.25 bits per heavy atom. The van der Waals surface area contributed by atoms with Crippen molar-refractivity contribution in [3.05, 3.63) is 28.8 Å². The summed E-state index contributed by atoms with van der Waals surface area (Å²) in [5.74, 6) is -2.46. The van der Waals surface area contributed by atoms with Gasteiger partial charge in [-0.25, -0.2) is 4.98 Å². The molecule has 0 aliphatic heterocycles. The molecule has 1 aromatic heterocycles. The maximum Gasteiger partial charge on any atom is 0.307 e. The first-order chi connectivity index (χ1) is 7.35. The summed E-state index contributed by atoms with van der Waals surface area (Å²) in [6.45, 7) is 3.60. The molecule has 0 bridgehead atoms. The van der Waals surface area contributed by atoms with E-state index in [1.807, 2.05) is 0 Å². The molecule has 1 saturated carbocycles. The Kier molecular flexibility index (Phi) is 2.42. The third kappa shape index (κ3) is 1.57. The quantitative estimate of drug-likeness (QED) is 0.813. The molecule has 86 valence electrons. The second kappa shape index (κ2) is 3.42. The minimum atomic E-state index is -0.908. The minimum Gasteiger partial charge on any atom is -0.481 e. The topological polar surface area (TPSA) is 50.2 Å². The largest absolute Gasteiger partial charge is 0.481 e. The lowest BCUT2D eigenvalue weighted by Crippen LogP contribution is -2.03. The van der Waals surface area contributed by atoms with Gasteiger partial charge in [0.05, 0.1) is 10.9 Å². The Bertz CT molecular complexity index is 461. The number of carboxylic acids is 1. The van der Waals surface area contributed by atoms with Gasteiger partial charge in [0.1, 0.15) is 0 Å². The standard InChI is InChI=1S/C11H11ClFNO2/c1-11(2)7(8(11)10(15)16)6-3-5(12)4-14-9(6)13/h3-4,7-8H,1-2H3,(H,15,16). The smallest absolute Gasteiger partial charge is 0.307 e. The summed E-state index contributed by atoms with van der Waals surface area (Å²) in [5.41, 5.74) is -0.149. The van der Waals surface area contributed by atoms with E-state index in [9.17, 15) is 9.18 Å². The van der Waals surface area contributed by atoms with Gasteiger partial charge in [-0.2, -0.15) is 4.39 Å². The second-order valence-corrected chi connectivity index (χ2v) is 5.08. The van der Waals surface area contributed by atoms with Crippen LogP contribution in [0, 0.1) is 17.3 Å². The van der Waals surface area contributed by atoms with Gasteiger partial charge in [0.2, 0.25) is 5.95 Å². The first kappa shape index (κ1) is 11.3. The number of aromatic nitrogens is 1. The van der Waals surface area contributed by atoms with Crippen LogP contribution in [0.1, 0.15) is 25.3 Å². The van der Waals surface area contributed by atoms with Gasteiger partial charge in [0.15, 0.2) is 0 Å². The third-order valence-electron chi connectivity index (χ3n) is 3.26. The van der Waals surface area contributed by atoms with Crippen LogP contribution in [0.5, 0.6) is 0 Å². The highest BCUT2D eigenvalue weighted by Gasteiger charge is 2.63. The molecule has 1 aliphatic rings. The fourth-order valence-corrected chi connectivity index (χ4v) is 2.50. The van der Waals surface area contributed by atoms with Crippen molar-refractivity contribution in [3.63, 3.8) is 0 Å². The van der Waals surface area contributed by atoms with Crippen LogP contribution in [0.2, 0.25) is 5.02 Å². The predicted molar refractivity (Wildman–Crippen MR) is 56.9 cm³/mol. The van der Waals surface area contributed by atoms with Crippen LogP contribution in [0.25, 0.3) is 0 Å². The van der Waals surface area contributed by atoms with E-state index >= 15 is 0 Å². The average Bonchev–Trinajstić information content (AvgIpc) is 2.73. The van der Waals surface area contributed by atoms with Gasteiger partial charge >= 0.3 is 5.97 Å². The number of carbonyl (C=O) groups is 1. The van der Waals surface area contributed by atoms with Crippen LogP contribution in [0.4, 0.5) is 4.39 Å². The van der Waals surface area contributed by atoms with Crippen LogP contribution in [-0.4, -0.2) is 16.1 Å². The predicted octanol–water partition coefficient (Wildman–Crippen LogP) is 2.70. The van der Waals surface area contributed by atoms with Gasteiger partial charge in [-0.15, -0.1) is 0 Å². The summed E-state index contributed by atoms with van der Waals surface area (Å²) < 4.78 is 13.5. The first-order valence-electron chi connectivity index (χ1n) is 4.89. The van der Waals surface area contributed by atoms with Crippen molar-refractivity contribution in [3.8, 4) is 0 Å². The van der Waals surface area contributed by atoms with E-state index in [0.29, 0.717) is 10.6 Å². The molecule has 2 atom stereocenters. The fraction of sp³-hybridized carbons (Fsp3) is 0.455. The monoisotopic (exact) mass is 243 g/mol. The number of nitrogens with zero attached hydrogens (tertiary/aromatic N) is 1. The summed E-state index contributed by atoms with van der Waals surface area (Å²) in [5, 5.41) is 9.33. The van der Waals surface area contributed by atoms with Gasteiger partial charge < -0.3 is 5.11 Å². The molecule has 0 saturated heterocycles. The van der Waals surface area contributed by atoms with Gasteiger partial charge in [0.25, 0.3) is 0 Å². The second-order valence-electron chi connectivity index (χ2n) is 4.65. The Morgan fingerprint density at radius 3 is 2.75 bits per heavy atom. The van der Waals surface area contributed by atoms with Crippen LogP contribution in [-0.2, 0) is 4.79 Å². The highest BCUT2D eigenvalue weighted by molar-refractivity contribution is 6.30. The zero-order valence-corrected chi connectivity index (χ0v) is 9.62. The molecule has 16 heavy (non-hydrogen) atoms. The molecule has 0 amide bonds. The molecule has 1 fully saturated rings. The number of aliphatic carboxylic acids is 1. The molecule has 1 N–H and O–H groups in total. The highest BCUT2D eigenvalue weighted by Crippen LogP contribution is 2.64. The molecule has 2 unspecified atom stereocenters. The Hall–Kier alpha value is -1.16. The molecule has 5 heteroatoms. The molecule has 1 aliphatic carbocycles. The van der Waals surface area contributed by atoms with E-state index in [0.717, 1.165) is 0 Å². The lowest BCUT2D eigenvalue weighted by molar-refractivity contribution is -0.139. The van der Waals surface area contributed by atoms with Crippen molar-refractivity contribution in [2.45, 2.75) is 19.8 Å². The molecule has 0 radical (unpaired) electrons. The molecule has 3 nitrogen and oxygen atoms in total. The lowest BCUT2D eigenvalue weighted by atomic mass is 10.0. The summed E-state index contributed by atoms with van der Waals surface area (Å²) in [4.78, 5) is 14.5. The molecule has 1 aromatic rings. The van der Waals surface area contributed by atoms with Crippen molar-refractivity contribution in [1.82, 2.24) is 4.98 Å². The van der Waals surface area contributed by atoms with Crippen molar-refractivity contribution in [1.29, 1.82) is 0 Å². The number of carboxylic acid groups (broad SMARTS) is 1. The maximum absolute atomic E-state index is 13.5. The lowest BCUT2D eigenvalue weighted by Gasteiger charge is -2.03. The maximum atomic E-state index is 13.5. The molecule has 2 rings (SSSR count). The van der Waals surface area contributed by atoms with Crippen LogP contribution in [0.3, 0.4) is 0 Å². The number of rotatable bonds is 2. The molecular formula is C11H11ClFNO2. The SMILES string of the molecule is CC1(C)C(C(=O)O)C1c1cc(Cl)cnc1F. The van der Waals surface area contributed by atoms with E-state index < -0.39 is 23.2 Å². The molecule has 0 spiro atoms. The Labute approximate surface area is 97.3 Å². The van der Waals surface area contributed by atoms with Gasteiger partial charge in [-0.3, -0.25) is 4.79 Å². The first-order valence-corrected chi connectivity index (χ1v) is 5.27. The van der Waals surface area contributed by atoms with E-state index in [4.69, 9.17) is 16.7 Å². The Morgan fingerprint density at radius 1 is 1.62 bits per heavy atom. The molecule has 1 heterocycles. The normalized spacial score (nSPS) is 26.5. The van der Waals surface area contributed by atoms with Crippen molar-refractivity contribution in [2.24, 2.45) is 11.3 Å². The fourth-order valence-electron chi connectivity index (χ4n) is 2.34. The van der Waals surface area contributed by atoms with Gasteiger partial charge in [0, 0.05) is 17.7 Å². The van der Waals surface area contributed by atoms with Crippen LogP contribution in [0.15, 0.2) is 12.3 Å². The third-order valence-corrected chi connectivity index (χ3v) is 3.47. The van der Waals surface area contributed by atoms with Gasteiger partial charge in [-0.1, -0.05) is 25.4 Å². The van der Waals surface area contributed by atoms with Gasteiger partial charge in [-0.05, 0) is 11.5 Å². The summed E-state index contributed by atoms with van der Waals surface area (Å²) in [6.07, 6.45) is 1.21. The zero-order valence-electron chi connectivity index (χ0n) is 8.87. The zero-order chi connectivity index (χ0) is 12.1. The highest BCUT2D eigenvalue weighted by atomic mass is 35.5. The molecular weight excluding hydrogens is 233 g/mol. The number of pyridine rings is 1. The van der Waals surface area contributed by atoms with Crippen molar-refractivity contribution in [2.75, 3.05) is 0 Å². The van der Waals surface area contributed by atoms with Crippen LogP contribution < -0.4 is 0 Å². The van der Waals surface area contributed by atoms with Crippen molar-refractivity contribution < 1.29 is 14.3 Å². The van der Waals surface area contributed by atoms with E-state index in [-0.39, 0.29) is 5.92 Å². The Balaban J connectivity index is 2.40. The van der Waals surface area contributed by atoms with Crippen LogP contribution >= 0.6 is 11.6 Å². The minimum absolute atomic E-state index is 0.296. The summed E-state index contributed by atoms with van der Waals surface area (Å²) in [6, 6.07) is 1.46. The average molecular weight is 244 g/mol. The number of hydrogen-bond donors (Lipinski definition) is 1. The number of hydrogen-bond acceptors (Lipinski definition) is 2. The van der Waals surface area contributed by atoms with E-state index in [1.54, 1.807) is 13.8 Å².